The first-order valence-electron chi connectivity index (χ1n) is 8.32. The molecular formula is C21H19ClN2O3. The normalized spacial score (nSPS) is 10.1. The molecule has 5 nitrogen and oxygen atoms in total. The van der Waals surface area contributed by atoms with E-state index in [9.17, 15) is 4.79 Å². The van der Waals surface area contributed by atoms with E-state index in [0.717, 1.165) is 11.3 Å². The molecule has 3 rings (SSSR count). The van der Waals surface area contributed by atoms with Crippen LogP contribution in [0.5, 0.6) is 11.5 Å². The van der Waals surface area contributed by atoms with Crippen LogP contribution >= 0.6 is 11.6 Å². The number of halogens is 1. The van der Waals surface area contributed by atoms with Gasteiger partial charge >= 0.3 is 6.03 Å². The Labute approximate surface area is 162 Å². The van der Waals surface area contributed by atoms with Gasteiger partial charge in [-0.25, -0.2) is 4.79 Å². The van der Waals surface area contributed by atoms with E-state index in [2.05, 4.69) is 10.6 Å². The minimum atomic E-state index is -0.395. The lowest BCUT2D eigenvalue weighted by atomic mass is 10.2. The summed E-state index contributed by atoms with van der Waals surface area (Å²) in [5.74, 6) is 1.25. The Bertz CT molecular complexity index is 899. The van der Waals surface area contributed by atoms with Gasteiger partial charge in [-0.3, -0.25) is 0 Å². The molecule has 0 saturated carbocycles. The Hall–Kier alpha value is -3.18. The van der Waals surface area contributed by atoms with Crippen LogP contribution in [0.3, 0.4) is 0 Å². The first kappa shape index (κ1) is 18.6. The highest BCUT2D eigenvalue weighted by Gasteiger charge is 2.08. The number of anilines is 2. The highest BCUT2D eigenvalue weighted by atomic mass is 35.5. The van der Waals surface area contributed by atoms with Crippen molar-refractivity contribution in [1.29, 1.82) is 0 Å². The summed E-state index contributed by atoms with van der Waals surface area (Å²) in [6, 6.07) is 21.7. The van der Waals surface area contributed by atoms with Gasteiger partial charge in [0.2, 0.25) is 0 Å². The maximum absolute atomic E-state index is 12.2. The SMILES string of the molecule is COc1ccc(Cl)cc1NC(=O)Nc1ccc(OCc2ccccc2)cc1. The number of hydrogen-bond acceptors (Lipinski definition) is 3. The van der Waals surface area contributed by atoms with Crippen molar-refractivity contribution in [3.8, 4) is 11.5 Å². The third kappa shape index (κ3) is 5.39. The van der Waals surface area contributed by atoms with E-state index in [0.29, 0.717) is 28.8 Å². The molecule has 27 heavy (non-hydrogen) atoms. The highest BCUT2D eigenvalue weighted by Crippen LogP contribution is 2.28. The summed E-state index contributed by atoms with van der Waals surface area (Å²) in [6.45, 7) is 0.489. The van der Waals surface area contributed by atoms with E-state index in [4.69, 9.17) is 21.1 Å². The van der Waals surface area contributed by atoms with Gasteiger partial charge in [0.1, 0.15) is 18.1 Å². The number of hydrogen-bond donors (Lipinski definition) is 2. The molecule has 138 valence electrons. The molecule has 0 aromatic heterocycles. The molecule has 0 fully saturated rings. The number of benzene rings is 3. The third-order valence-electron chi connectivity index (χ3n) is 3.77. The second kappa shape index (κ2) is 8.96. The Kier molecular flexibility index (Phi) is 6.18. The van der Waals surface area contributed by atoms with Crippen molar-refractivity contribution in [3.05, 3.63) is 83.4 Å². The first-order chi connectivity index (χ1) is 13.1. The number of nitrogens with one attached hydrogen (secondary N) is 2. The van der Waals surface area contributed by atoms with Gasteiger partial charge in [0.15, 0.2) is 0 Å². The van der Waals surface area contributed by atoms with E-state index in [-0.39, 0.29) is 0 Å². The van der Waals surface area contributed by atoms with Crippen molar-refractivity contribution in [1.82, 2.24) is 0 Å². The van der Waals surface area contributed by atoms with Gasteiger partial charge in [0, 0.05) is 10.7 Å². The van der Waals surface area contributed by atoms with E-state index < -0.39 is 6.03 Å². The van der Waals surface area contributed by atoms with E-state index in [1.165, 1.54) is 7.11 Å². The molecular weight excluding hydrogens is 364 g/mol. The number of methoxy groups -OCH3 is 1. The minimum Gasteiger partial charge on any atom is -0.495 e. The molecule has 2 N–H and O–H groups in total. The Morgan fingerprint density at radius 2 is 1.70 bits per heavy atom. The van der Waals surface area contributed by atoms with Crippen LogP contribution < -0.4 is 20.1 Å². The van der Waals surface area contributed by atoms with Crippen LogP contribution in [0, 0.1) is 0 Å². The maximum atomic E-state index is 12.2. The first-order valence-corrected chi connectivity index (χ1v) is 8.70. The number of amides is 2. The predicted molar refractivity (Wildman–Crippen MR) is 108 cm³/mol. The van der Waals surface area contributed by atoms with Crippen molar-refractivity contribution in [3.63, 3.8) is 0 Å². The lowest BCUT2D eigenvalue weighted by Gasteiger charge is -2.12. The summed E-state index contributed by atoms with van der Waals surface area (Å²) >= 11 is 5.97. The lowest BCUT2D eigenvalue weighted by Crippen LogP contribution is -2.19. The monoisotopic (exact) mass is 382 g/mol. The summed E-state index contributed by atoms with van der Waals surface area (Å²) in [4.78, 5) is 12.2. The fourth-order valence-electron chi connectivity index (χ4n) is 2.44. The van der Waals surface area contributed by atoms with Gasteiger partial charge in [0.05, 0.1) is 12.8 Å². The maximum Gasteiger partial charge on any atom is 0.323 e. The highest BCUT2D eigenvalue weighted by molar-refractivity contribution is 6.31. The second-order valence-electron chi connectivity index (χ2n) is 5.72. The topological polar surface area (TPSA) is 59.6 Å². The molecule has 2 amide bonds. The molecule has 0 saturated heterocycles. The van der Waals surface area contributed by atoms with Gasteiger partial charge in [-0.15, -0.1) is 0 Å². The van der Waals surface area contributed by atoms with E-state index >= 15 is 0 Å². The smallest absolute Gasteiger partial charge is 0.323 e. The molecule has 0 radical (unpaired) electrons. The Morgan fingerprint density at radius 3 is 2.41 bits per heavy atom. The van der Waals surface area contributed by atoms with Crippen molar-refractivity contribution < 1.29 is 14.3 Å². The number of ether oxygens (including phenoxy) is 2. The van der Waals surface area contributed by atoms with Crippen LogP contribution in [-0.4, -0.2) is 13.1 Å². The number of rotatable bonds is 6. The average Bonchev–Trinajstić information content (AvgIpc) is 2.68. The van der Waals surface area contributed by atoms with Crippen molar-refractivity contribution >= 4 is 29.0 Å². The summed E-state index contributed by atoms with van der Waals surface area (Å²) in [6.07, 6.45) is 0. The number of carbonyl (C=O) groups excluding carboxylic acids is 1. The van der Waals surface area contributed by atoms with Crippen LogP contribution in [0.25, 0.3) is 0 Å². The molecule has 0 aliphatic carbocycles. The van der Waals surface area contributed by atoms with Gasteiger partial charge < -0.3 is 20.1 Å². The molecule has 3 aromatic rings. The fourth-order valence-corrected chi connectivity index (χ4v) is 2.61. The van der Waals surface area contributed by atoms with Crippen molar-refractivity contribution in [2.45, 2.75) is 6.61 Å². The van der Waals surface area contributed by atoms with Gasteiger partial charge in [-0.05, 0) is 48.0 Å². The van der Waals surface area contributed by atoms with Crippen LogP contribution in [0.1, 0.15) is 5.56 Å². The molecule has 0 heterocycles. The van der Waals surface area contributed by atoms with Gasteiger partial charge in [-0.2, -0.15) is 0 Å². The van der Waals surface area contributed by atoms with Gasteiger partial charge in [-0.1, -0.05) is 41.9 Å². The lowest BCUT2D eigenvalue weighted by molar-refractivity contribution is 0.262. The molecule has 3 aromatic carbocycles. The Morgan fingerprint density at radius 1 is 0.963 bits per heavy atom. The molecule has 0 spiro atoms. The number of urea groups is 1. The Balaban J connectivity index is 1.56. The fraction of sp³-hybridized carbons (Fsp3) is 0.0952. The number of carbonyl (C=O) groups is 1. The molecule has 0 aliphatic heterocycles. The van der Waals surface area contributed by atoms with Gasteiger partial charge in [0.25, 0.3) is 0 Å². The molecule has 0 unspecified atom stereocenters. The zero-order valence-electron chi connectivity index (χ0n) is 14.7. The van der Waals surface area contributed by atoms with E-state index in [1.54, 1.807) is 42.5 Å². The summed E-state index contributed by atoms with van der Waals surface area (Å²) in [5, 5.41) is 5.98. The van der Waals surface area contributed by atoms with E-state index in [1.807, 2.05) is 30.3 Å². The standard InChI is InChI=1S/C21H19ClN2O3/c1-26-20-12-7-16(22)13-19(20)24-21(25)23-17-8-10-18(11-9-17)27-14-15-5-3-2-4-6-15/h2-13H,14H2,1H3,(H2,23,24,25). The predicted octanol–water partition coefficient (Wildman–Crippen LogP) is 5.57. The molecule has 0 atom stereocenters. The van der Waals surface area contributed by atoms with Crippen LogP contribution in [0.15, 0.2) is 72.8 Å². The quantitative estimate of drug-likeness (QED) is 0.585. The summed E-state index contributed by atoms with van der Waals surface area (Å²) in [7, 11) is 1.53. The molecule has 6 heteroatoms. The minimum absolute atomic E-state index is 0.395. The van der Waals surface area contributed by atoms with Crippen LogP contribution in [0.4, 0.5) is 16.2 Å². The molecule has 0 bridgehead atoms. The zero-order chi connectivity index (χ0) is 19.1. The second-order valence-corrected chi connectivity index (χ2v) is 6.16. The summed E-state index contributed by atoms with van der Waals surface area (Å²) < 4.78 is 10.9. The largest absolute Gasteiger partial charge is 0.495 e. The van der Waals surface area contributed by atoms with Crippen LogP contribution in [-0.2, 0) is 6.61 Å². The van der Waals surface area contributed by atoms with Crippen LogP contribution in [0.2, 0.25) is 5.02 Å². The van der Waals surface area contributed by atoms with Crippen molar-refractivity contribution in [2.75, 3.05) is 17.7 Å². The van der Waals surface area contributed by atoms with Crippen molar-refractivity contribution in [2.24, 2.45) is 0 Å². The summed E-state index contributed by atoms with van der Waals surface area (Å²) in [5.41, 5.74) is 2.22. The molecule has 0 aliphatic rings. The third-order valence-corrected chi connectivity index (χ3v) is 4.01. The zero-order valence-corrected chi connectivity index (χ0v) is 15.5. The average molecular weight is 383 g/mol.